The molecule has 1 aliphatic heterocycles. The molecule has 1 N–H and O–H groups in total. The van der Waals surface area contributed by atoms with Gasteiger partial charge in [0.1, 0.15) is 6.61 Å². The van der Waals surface area contributed by atoms with Crippen LogP contribution in [0.1, 0.15) is 28.4 Å². The highest BCUT2D eigenvalue weighted by Gasteiger charge is 2.33. The number of thioether (sulfide) groups is 1. The Labute approximate surface area is 171 Å². The molecule has 0 atom stereocenters. The fourth-order valence-corrected chi connectivity index (χ4v) is 3.62. The summed E-state index contributed by atoms with van der Waals surface area (Å²) < 4.78 is 11.2. The lowest BCUT2D eigenvalue weighted by atomic mass is 10.1. The summed E-state index contributed by atoms with van der Waals surface area (Å²) in [5.74, 6) is -0.289. The highest BCUT2D eigenvalue weighted by molar-refractivity contribution is 8.18. The van der Waals surface area contributed by atoms with Crippen molar-refractivity contribution in [3.8, 4) is 11.5 Å². The van der Waals surface area contributed by atoms with Crippen LogP contribution in [0, 0.1) is 0 Å². The van der Waals surface area contributed by atoms with E-state index in [1.807, 2.05) is 0 Å². The molecule has 0 aliphatic carbocycles. The molecule has 1 heterocycles. The first-order valence-corrected chi connectivity index (χ1v) is 9.63. The van der Waals surface area contributed by atoms with Crippen molar-refractivity contribution in [3.63, 3.8) is 0 Å². The first kappa shape index (κ1) is 20.5. The Morgan fingerprint density at radius 3 is 2.45 bits per heavy atom. The predicted octanol–water partition coefficient (Wildman–Crippen LogP) is 4.03. The molecule has 1 aliphatic rings. The van der Waals surface area contributed by atoms with Crippen LogP contribution in [0.25, 0.3) is 6.08 Å². The zero-order valence-electron chi connectivity index (χ0n) is 15.9. The monoisotopic (exact) mass is 413 g/mol. The summed E-state index contributed by atoms with van der Waals surface area (Å²) in [6.45, 7) is 2.33. The van der Waals surface area contributed by atoms with Crippen LogP contribution in [0.3, 0.4) is 0 Å². The summed E-state index contributed by atoms with van der Waals surface area (Å²) >= 11 is 0.914. The summed E-state index contributed by atoms with van der Waals surface area (Å²) in [7, 11) is 1.51. The van der Waals surface area contributed by atoms with Crippen LogP contribution < -0.4 is 9.47 Å². The molecule has 0 spiro atoms. The minimum Gasteiger partial charge on any atom is -0.493 e. The molecule has 3 rings (SSSR count). The molecule has 0 aromatic heterocycles. The second kappa shape index (κ2) is 8.83. The Morgan fingerprint density at radius 2 is 1.86 bits per heavy atom. The summed E-state index contributed by atoms with van der Waals surface area (Å²) in [6.07, 6.45) is 1.65. The van der Waals surface area contributed by atoms with Crippen LogP contribution >= 0.6 is 11.8 Å². The number of ether oxygens (including phenoxy) is 2. The zero-order valence-corrected chi connectivity index (χ0v) is 16.7. The number of nitrogens with zero attached hydrogens (tertiary/aromatic N) is 1. The second-order valence-corrected chi connectivity index (χ2v) is 7.12. The van der Waals surface area contributed by atoms with Crippen molar-refractivity contribution in [2.24, 2.45) is 0 Å². The molecule has 8 heteroatoms. The largest absolute Gasteiger partial charge is 0.493 e. The standard InChI is InChI=1S/C21H19NO6S/c1-3-22-19(23)18(29-21(22)26)11-14-6-9-16(17(10-14)27-2)28-12-13-4-7-15(8-5-13)20(24)25/h4-11H,3,12H2,1-2H3,(H,24,25)/b18-11-. The van der Waals surface area contributed by atoms with E-state index in [1.165, 1.54) is 24.1 Å². The number of benzene rings is 2. The van der Waals surface area contributed by atoms with E-state index in [0.29, 0.717) is 28.5 Å². The molecule has 1 saturated heterocycles. The lowest BCUT2D eigenvalue weighted by molar-refractivity contribution is -0.122. The summed E-state index contributed by atoms with van der Waals surface area (Å²) in [5, 5.41) is 8.67. The minimum atomic E-state index is -0.980. The maximum atomic E-state index is 12.2. The number of amides is 2. The SMILES string of the molecule is CCN1C(=O)S/C(=C\c2ccc(OCc3ccc(C(=O)O)cc3)c(OC)c2)C1=O. The van der Waals surface area contributed by atoms with Crippen molar-refractivity contribution in [2.75, 3.05) is 13.7 Å². The van der Waals surface area contributed by atoms with Gasteiger partial charge in [-0.25, -0.2) is 4.79 Å². The van der Waals surface area contributed by atoms with Gasteiger partial charge in [-0.1, -0.05) is 18.2 Å². The van der Waals surface area contributed by atoms with Gasteiger partial charge in [-0.3, -0.25) is 14.5 Å². The van der Waals surface area contributed by atoms with Crippen LogP contribution in [0.15, 0.2) is 47.4 Å². The van der Waals surface area contributed by atoms with Gasteiger partial charge in [0.25, 0.3) is 11.1 Å². The first-order valence-electron chi connectivity index (χ1n) is 8.81. The van der Waals surface area contributed by atoms with E-state index in [-0.39, 0.29) is 23.3 Å². The Bertz CT molecular complexity index is 983. The van der Waals surface area contributed by atoms with Crippen molar-refractivity contribution >= 4 is 35.0 Å². The summed E-state index contributed by atoms with van der Waals surface area (Å²) in [5.41, 5.74) is 1.74. The van der Waals surface area contributed by atoms with Gasteiger partial charge in [-0.2, -0.15) is 0 Å². The molecule has 0 unspecified atom stereocenters. The Hall–Kier alpha value is -3.26. The molecule has 2 amide bonds. The van der Waals surface area contributed by atoms with Gasteiger partial charge in [0.2, 0.25) is 0 Å². The minimum absolute atomic E-state index is 0.211. The quantitative estimate of drug-likeness (QED) is 0.685. The van der Waals surface area contributed by atoms with Gasteiger partial charge in [0, 0.05) is 6.54 Å². The molecular weight excluding hydrogens is 394 g/mol. The molecule has 7 nitrogen and oxygen atoms in total. The van der Waals surface area contributed by atoms with Crippen molar-refractivity contribution in [2.45, 2.75) is 13.5 Å². The number of likely N-dealkylation sites (N-methyl/N-ethyl adjacent to an activating group) is 1. The number of imide groups is 1. The zero-order chi connectivity index (χ0) is 21.0. The van der Waals surface area contributed by atoms with Gasteiger partial charge in [0.05, 0.1) is 17.6 Å². The number of carbonyl (C=O) groups is 3. The van der Waals surface area contributed by atoms with E-state index in [4.69, 9.17) is 14.6 Å². The predicted molar refractivity (Wildman–Crippen MR) is 109 cm³/mol. The maximum absolute atomic E-state index is 12.2. The van der Waals surface area contributed by atoms with Gasteiger partial charge >= 0.3 is 5.97 Å². The molecule has 0 bridgehead atoms. The molecule has 1 fully saturated rings. The summed E-state index contributed by atoms with van der Waals surface area (Å²) in [6, 6.07) is 11.6. The molecule has 29 heavy (non-hydrogen) atoms. The third kappa shape index (κ3) is 4.60. The number of hydrogen-bond acceptors (Lipinski definition) is 6. The fraction of sp³-hybridized carbons (Fsp3) is 0.190. The van der Waals surface area contributed by atoms with Crippen molar-refractivity contribution in [3.05, 3.63) is 64.1 Å². The Kier molecular flexibility index (Phi) is 6.23. The lowest BCUT2D eigenvalue weighted by Crippen LogP contribution is -2.27. The highest BCUT2D eigenvalue weighted by Crippen LogP contribution is 2.34. The number of carbonyl (C=O) groups excluding carboxylic acids is 2. The molecular formula is C21H19NO6S. The van der Waals surface area contributed by atoms with Crippen molar-refractivity contribution in [1.29, 1.82) is 0 Å². The molecule has 0 radical (unpaired) electrons. The fourth-order valence-electron chi connectivity index (χ4n) is 2.72. The van der Waals surface area contributed by atoms with Crippen LogP contribution in [0.5, 0.6) is 11.5 Å². The van der Waals surface area contributed by atoms with E-state index in [9.17, 15) is 14.4 Å². The van der Waals surface area contributed by atoms with Crippen molar-refractivity contribution < 1.29 is 29.0 Å². The number of carboxylic acid groups (broad SMARTS) is 1. The molecule has 2 aromatic rings. The van der Waals surface area contributed by atoms with E-state index in [1.54, 1.807) is 43.3 Å². The normalized spacial score (nSPS) is 15.1. The molecule has 0 saturated carbocycles. The average molecular weight is 413 g/mol. The van der Waals surface area contributed by atoms with Gasteiger partial charge in [-0.05, 0) is 60.2 Å². The van der Waals surface area contributed by atoms with Crippen LogP contribution in [0.4, 0.5) is 4.79 Å². The molecule has 150 valence electrons. The third-order valence-corrected chi connectivity index (χ3v) is 5.18. The first-order chi connectivity index (χ1) is 13.9. The number of rotatable bonds is 7. The van der Waals surface area contributed by atoms with E-state index < -0.39 is 5.97 Å². The van der Waals surface area contributed by atoms with Crippen LogP contribution in [0.2, 0.25) is 0 Å². The van der Waals surface area contributed by atoms with Crippen LogP contribution in [-0.2, 0) is 11.4 Å². The maximum Gasteiger partial charge on any atom is 0.335 e. The molecule has 2 aromatic carbocycles. The second-order valence-electron chi connectivity index (χ2n) is 6.13. The van der Waals surface area contributed by atoms with Gasteiger partial charge in [0.15, 0.2) is 11.5 Å². The van der Waals surface area contributed by atoms with Crippen LogP contribution in [-0.4, -0.2) is 40.8 Å². The number of hydrogen-bond donors (Lipinski definition) is 1. The Morgan fingerprint density at radius 1 is 1.14 bits per heavy atom. The average Bonchev–Trinajstić information content (AvgIpc) is 2.99. The van der Waals surface area contributed by atoms with E-state index in [2.05, 4.69) is 0 Å². The number of carboxylic acids is 1. The number of methoxy groups -OCH3 is 1. The number of aromatic carboxylic acids is 1. The van der Waals surface area contributed by atoms with Gasteiger partial charge in [-0.15, -0.1) is 0 Å². The Balaban J connectivity index is 1.74. The van der Waals surface area contributed by atoms with E-state index >= 15 is 0 Å². The van der Waals surface area contributed by atoms with Gasteiger partial charge < -0.3 is 14.6 Å². The third-order valence-electron chi connectivity index (χ3n) is 4.27. The van der Waals surface area contributed by atoms with E-state index in [0.717, 1.165) is 17.3 Å². The summed E-state index contributed by atoms with van der Waals surface area (Å²) in [4.78, 5) is 36.5. The topological polar surface area (TPSA) is 93.1 Å². The van der Waals surface area contributed by atoms with Crippen molar-refractivity contribution in [1.82, 2.24) is 4.90 Å². The smallest absolute Gasteiger partial charge is 0.335 e. The lowest BCUT2D eigenvalue weighted by Gasteiger charge is -2.12. The highest BCUT2D eigenvalue weighted by atomic mass is 32.2.